The molecule has 0 aliphatic carbocycles. The van der Waals surface area contributed by atoms with E-state index in [9.17, 15) is 5.11 Å². The Bertz CT molecular complexity index is 117. The minimum Gasteiger partial charge on any atom is -0.394 e. The fraction of sp³-hybridized carbons (Fsp3) is 1.00. The third kappa shape index (κ3) is 1.90. The van der Waals surface area contributed by atoms with Crippen LogP contribution < -0.4 is 0 Å². The molecule has 3 atom stereocenters. The van der Waals surface area contributed by atoms with E-state index in [1.807, 2.05) is 0 Å². The first-order valence-electron chi connectivity index (χ1n) is 3.73. The van der Waals surface area contributed by atoms with Crippen LogP contribution in [0.15, 0.2) is 0 Å². The SMILES string of the molecule is CO[C@H]1C(O)CCOC1CO. The molecule has 4 nitrogen and oxygen atoms in total. The molecule has 2 unspecified atom stereocenters. The number of hydrogen-bond donors (Lipinski definition) is 2. The fourth-order valence-corrected chi connectivity index (χ4v) is 1.31. The highest BCUT2D eigenvalue weighted by atomic mass is 16.6. The van der Waals surface area contributed by atoms with Gasteiger partial charge in [-0.1, -0.05) is 0 Å². The van der Waals surface area contributed by atoms with E-state index >= 15 is 0 Å². The van der Waals surface area contributed by atoms with E-state index in [4.69, 9.17) is 14.6 Å². The number of methoxy groups -OCH3 is 1. The van der Waals surface area contributed by atoms with Crippen LogP contribution in [0.2, 0.25) is 0 Å². The average Bonchev–Trinajstić information content (AvgIpc) is 2.04. The Morgan fingerprint density at radius 3 is 2.82 bits per heavy atom. The monoisotopic (exact) mass is 162 g/mol. The summed E-state index contributed by atoms with van der Waals surface area (Å²) in [5.41, 5.74) is 0. The van der Waals surface area contributed by atoms with E-state index in [0.717, 1.165) is 0 Å². The summed E-state index contributed by atoms with van der Waals surface area (Å²) in [6.07, 6.45) is -0.682. The van der Waals surface area contributed by atoms with Gasteiger partial charge in [0.1, 0.15) is 12.2 Å². The van der Waals surface area contributed by atoms with Crippen molar-refractivity contribution in [2.24, 2.45) is 0 Å². The number of rotatable bonds is 2. The molecular weight excluding hydrogens is 148 g/mol. The molecule has 1 aliphatic rings. The summed E-state index contributed by atoms with van der Waals surface area (Å²) in [6, 6.07) is 0. The van der Waals surface area contributed by atoms with Gasteiger partial charge < -0.3 is 19.7 Å². The molecule has 0 aromatic heterocycles. The zero-order valence-corrected chi connectivity index (χ0v) is 6.56. The van der Waals surface area contributed by atoms with E-state index < -0.39 is 6.10 Å². The molecule has 0 saturated carbocycles. The molecule has 0 amide bonds. The quantitative estimate of drug-likeness (QED) is 0.555. The van der Waals surface area contributed by atoms with Crippen LogP contribution in [0.5, 0.6) is 0 Å². The van der Waals surface area contributed by atoms with Gasteiger partial charge in [-0.05, 0) is 6.42 Å². The van der Waals surface area contributed by atoms with Crippen molar-refractivity contribution in [3.8, 4) is 0 Å². The van der Waals surface area contributed by atoms with Gasteiger partial charge in [-0.15, -0.1) is 0 Å². The number of aliphatic hydroxyl groups excluding tert-OH is 2. The molecular formula is C7H14O4. The molecule has 0 aromatic rings. The van der Waals surface area contributed by atoms with Crippen molar-refractivity contribution in [3.63, 3.8) is 0 Å². The summed E-state index contributed by atoms with van der Waals surface area (Å²) in [5, 5.41) is 18.1. The third-order valence-electron chi connectivity index (χ3n) is 1.94. The van der Waals surface area contributed by atoms with Crippen LogP contribution in [0.25, 0.3) is 0 Å². The van der Waals surface area contributed by atoms with E-state index in [1.54, 1.807) is 0 Å². The van der Waals surface area contributed by atoms with Crippen molar-refractivity contribution in [2.45, 2.75) is 24.7 Å². The predicted octanol–water partition coefficient (Wildman–Crippen LogP) is -0.857. The molecule has 0 spiro atoms. The van der Waals surface area contributed by atoms with Crippen LogP contribution >= 0.6 is 0 Å². The second-order valence-electron chi connectivity index (χ2n) is 2.65. The summed E-state index contributed by atoms with van der Waals surface area (Å²) in [6.45, 7) is 0.391. The van der Waals surface area contributed by atoms with Gasteiger partial charge in [0.15, 0.2) is 0 Å². The Balaban J connectivity index is 2.48. The molecule has 66 valence electrons. The molecule has 1 aliphatic heterocycles. The normalized spacial score (nSPS) is 39.0. The fourth-order valence-electron chi connectivity index (χ4n) is 1.31. The maximum Gasteiger partial charge on any atom is 0.111 e. The lowest BCUT2D eigenvalue weighted by molar-refractivity contribution is -0.159. The van der Waals surface area contributed by atoms with Crippen LogP contribution in [0.4, 0.5) is 0 Å². The van der Waals surface area contributed by atoms with Crippen LogP contribution in [0.3, 0.4) is 0 Å². The van der Waals surface area contributed by atoms with Crippen LogP contribution in [-0.4, -0.2) is 48.8 Å². The van der Waals surface area contributed by atoms with E-state index in [0.29, 0.717) is 13.0 Å². The molecule has 11 heavy (non-hydrogen) atoms. The minimum absolute atomic E-state index is 0.102. The summed E-state index contributed by atoms with van der Waals surface area (Å²) in [7, 11) is 1.51. The van der Waals surface area contributed by atoms with Gasteiger partial charge in [0, 0.05) is 13.7 Å². The van der Waals surface area contributed by atoms with E-state index in [1.165, 1.54) is 7.11 Å². The smallest absolute Gasteiger partial charge is 0.111 e. The van der Waals surface area contributed by atoms with Crippen molar-refractivity contribution in [3.05, 3.63) is 0 Å². The first kappa shape index (κ1) is 8.93. The Kier molecular flexibility index (Phi) is 3.26. The molecule has 0 radical (unpaired) electrons. The van der Waals surface area contributed by atoms with Gasteiger partial charge in [0.25, 0.3) is 0 Å². The molecule has 1 saturated heterocycles. The van der Waals surface area contributed by atoms with Gasteiger partial charge in [-0.3, -0.25) is 0 Å². The Hall–Kier alpha value is -0.160. The summed E-state index contributed by atoms with van der Waals surface area (Å²) in [4.78, 5) is 0. The summed E-state index contributed by atoms with van der Waals surface area (Å²) in [5.74, 6) is 0. The topological polar surface area (TPSA) is 58.9 Å². The highest BCUT2D eigenvalue weighted by molar-refractivity contribution is 4.81. The Morgan fingerprint density at radius 2 is 2.36 bits per heavy atom. The molecule has 1 heterocycles. The molecule has 0 aromatic carbocycles. The Labute approximate surface area is 65.7 Å². The van der Waals surface area contributed by atoms with Crippen molar-refractivity contribution in [1.29, 1.82) is 0 Å². The van der Waals surface area contributed by atoms with Crippen LogP contribution in [-0.2, 0) is 9.47 Å². The van der Waals surface area contributed by atoms with E-state index in [-0.39, 0.29) is 18.8 Å². The van der Waals surface area contributed by atoms with Gasteiger partial charge in [-0.2, -0.15) is 0 Å². The lowest BCUT2D eigenvalue weighted by Gasteiger charge is -2.33. The lowest BCUT2D eigenvalue weighted by Crippen LogP contribution is -2.47. The highest BCUT2D eigenvalue weighted by Crippen LogP contribution is 2.16. The number of hydrogen-bond acceptors (Lipinski definition) is 4. The maximum absolute atomic E-state index is 9.35. The van der Waals surface area contributed by atoms with Crippen molar-refractivity contribution >= 4 is 0 Å². The third-order valence-corrected chi connectivity index (χ3v) is 1.94. The first-order valence-corrected chi connectivity index (χ1v) is 3.73. The number of aliphatic hydroxyl groups is 2. The highest BCUT2D eigenvalue weighted by Gasteiger charge is 2.32. The standard InChI is InChI=1S/C7H14O4/c1-10-7-5(9)2-3-11-6(7)4-8/h5-9H,2-4H2,1H3/t5?,6?,7-/m0/s1. The van der Waals surface area contributed by atoms with E-state index in [2.05, 4.69) is 0 Å². The van der Waals surface area contributed by atoms with Crippen LogP contribution in [0, 0.1) is 0 Å². The summed E-state index contributed by atoms with van der Waals surface area (Å²) < 4.78 is 10.1. The van der Waals surface area contributed by atoms with Gasteiger partial charge in [0.05, 0.1) is 12.7 Å². The molecule has 0 bridgehead atoms. The molecule has 4 heteroatoms. The van der Waals surface area contributed by atoms with Crippen LogP contribution in [0.1, 0.15) is 6.42 Å². The number of ether oxygens (including phenoxy) is 2. The Morgan fingerprint density at radius 1 is 1.64 bits per heavy atom. The first-order chi connectivity index (χ1) is 5.29. The lowest BCUT2D eigenvalue weighted by atomic mass is 10.0. The predicted molar refractivity (Wildman–Crippen MR) is 38.2 cm³/mol. The van der Waals surface area contributed by atoms with Gasteiger partial charge >= 0.3 is 0 Å². The zero-order valence-electron chi connectivity index (χ0n) is 6.56. The largest absolute Gasteiger partial charge is 0.394 e. The van der Waals surface area contributed by atoms with Crippen molar-refractivity contribution in [1.82, 2.24) is 0 Å². The van der Waals surface area contributed by atoms with Gasteiger partial charge in [-0.25, -0.2) is 0 Å². The second-order valence-corrected chi connectivity index (χ2v) is 2.65. The van der Waals surface area contributed by atoms with Gasteiger partial charge in [0.2, 0.25) is 0 Å². The summed E-state index contributed by atoms with van der Waals surface area (Å²) >= 11 is 0. The van der Waals surface area contributed by atoms with Crippen molar-refractivity contribution < 1.29 is 19.7 Å². The molecule has 2 N–H and O–H groups in total. The molecule has 1 rings (SSSR count). The molecule has 1 fully saturated rings. The van der Waals surface area contributed by atoms with Crippen molar-refractivity contribution in [2.75, 3.05) is 20.3 Å². The second kappa shape index (κ2) is 4.01. The maximum atomic E-state index is 9.35. The average molecular weight is 162 g/mol. The minimum atomic E-state index is -0.508. The zero-order chi connectivity index (χ0) is 8.27.